The third-order valence-electron chi connectivity index (χ3n) is 5.01. The van der Waals surface area contributed by atoms with Crippen LogP contribution in [0.25, 0.3) is 10.9 Å². The molecule has 10 heteroatoms. The first-order valence-corrected chi connectivity index (χ1v) is 11.0. The zero-order valence-electron chi connectivity index (χ0n) is 17.1. The number of aromatic amines is 1. The lowest BCUT2D eigenvalue weighted by atomic mass is 10.2. The molecule has 9 nitrogen and oxygen atoms in total. The first-order chi connectivity index (χ1) is 15.7. The molecule has 0 unspecified atom stereocenters. The maximum absolute atomic E-state index is 5.45. The van der Waals surface area contributed by atoms with Gasteiger partial charge in [-0.3, -0.25) is 0 Å². The lowest BCUT2D eigenvalue weighted by Crippen LogP contribution is -2.37. The molecule has 1 fully saturated rings. The summed E-state index contributed by atoms with van der Waals surface area (Å²) in [7, 11) is 0. The Balaban J connectivity index is 1.40. The number of aromatic nitrogens is 4. The van der Waals surface area contributed by atoms with Crippen LogP contribution in [0.15, 0.2) is 64.3 Å². The van der Waals surface area contributed by atoms with Gasteiger partial charge in [0.05, 0.1) is 19.4 Å². The van der Waals surface area contributed by atoms with E-state index in [1.807, 2.05) is 54.7 Å². The molecule has 3 N–H and O–H groups in total. The standard InChI is InChI=1S/C22H21BrN8O/c23-16-5-7-17(8-6-16)26-20-27-21(29-22(28-20)31-9-11-32-12-10-31)30-25-14-15-13-24-19-4-2-1-3-18(15)19/h1-8,13-14,24H,9-12H2,(H2,26,27,28,29,30)/b25-14+. The summed E-state index contributed by atoms with van der Waals surface area (Å²) in [4.78, 5) is 19.0. The van der Waals surface area contributed by atoms with E-state index in [-0.39, 0.29) is 0 Å². The highest BCUT2D eigenvalue weighted by molar-refractivity contribution is 9.10. The van der Waals surface area contributed by atoms with Gasteiger partial charge in [0.25, 0.3) is 0 Å². The zero-order valence-corrected chi connectivity index (χ0v) is 18.7. The van der Waals surface area contributed by atoms with Crippen molar-refractivity contribution in [2.45, 2.75) is 0 Å². The molecule has 0 atom stereocenters. The van der Waals surface area contributed by atoms with Crippen LogP contribution in [0.5, 0.6) is 0 Å². The molecule has 0 bridgehead atoms. The van der Waals surface area contributed by atoms with Crippen LogP contribution in [0.2, 0.25) is 0 Å². The molecule has 2 aromatic heterocycles. The minimum absolute atomic E-state index is 0.359. The highest BCUT2D eigenvalue weighted by Gasteiger charge is 2.16. The maximum Gasteiger partial charge on any atom is 0.250 e. The van der Waals surface area contributed by atoms with Crippen LogP contribution in [-0.2, 0) is 4.74 Å². The Bertz CT molecular complexity index is 1230. The zero-order chi connectivity index (χ0) is 21.8. The van der Waals surface area contributed by atoms with E-state index in [1.54, 1.807) is 6.21 Å². The van der Waals surface area contributed by atoms with Crippen molar-refractivity contribution in [3.8, 4) is 0 Å². The minimum atomic E-state index is 0.359. The molecular weight excluding hydrogens is 472 g/mol. The fourth-order valence-electron chi connectivity index (χ4n) is 3.40. The second-order valence-electron chi connectivity index (χ2n) is 7.17. The highest BCUT2D eigenvalue weighted by atomic mass is 79.9. The van der Waals surface area contributed by atoms with E-state index < -0.39 is 0 Å². The summed E-state index contributed by atoms with van der Waals surface area (Å²) in [5.41, 5.74) is 5.86. The van der Waals surface area contributed by atoms with E-state index in [9.17, 15) is 0 Å². The molecule has 0 saturated carbocycles. The number of hydrogen-bond donors (Lipinski definition) is 3. The first-order valence-electron chi connectivity index (χ1n) is 10.2. The average molecular weight is 493 g/mol. The predicted octanol–water partition coefficient (Wildman–Crippen LogP) is 4.14. The average Bonchev–Trinajstić information content (AvgIpc) is 3.24. The lowest BCUT2D eigenvalue weighted by Gasteiger charge is -2.27. The molecule has 4 aromatic rings. The lowest BCUT2D eigenvalue weighted by molar-refractivity contribution is 0.122. The molecule has 32 heavy (non-hydrogen) atoms. The number of nitrogens with one attached hydrogen (secondary N) is 3. The van der Waals surface area contributed by atoms with E-state index in [0.29, 0.717) is 31.1 Å². The first kappa shape index (κ1) is 20.4. The largest absolute Gasteiger partial charge is 0.378 e. The molecule has 1 aliphatic heterocycles. The summed E-state index contributed by atoms with van der Waals surface area (Å²) in [5, 5.41) is 8.69. The second kappa shape index (κ2) is 9.33. The normalized spacial score (nSPS) is 14.2. The number of anilines is 4. The van der Waals surface area contributed by atoms with Gasteiger partial charge in [0.1, 0.15) is 0 Å². The molecule has 0 aliphatic carbocycles. The van der Waals surface area contributed by atoms with E-state index >= 15 is 0 Å². The Morgan fingerprint density at radius 2 is 1.78 bits per heavy atom. The summed E-state index contributed by atoms with van der Waals surface area (Å²) in [6.07, 6.45) is 3.67. The Kier molecular flexibility index (Phi) is 5.95. The van der Waals surface area contributed by atoms with E-state index in [4.69, 9.17) is 4.74 Å². The second-order valence-corrected chi connectivity index (χ2v) is 8.09. The van der Waals surface area contributed by atoms with Crippen molar-refractivity contribution in [3.05, 3.63) is 64.8 Å². The molecule has 162 valence electrons. The number of fused-ring (bicyclic) bond motifs is 1. The molecule has 1 saturated heterocycles. The van der Waals surface area contributed by atoms with Gasteiger partial charge in [0.2, 0.25) is 17.8 Å². The number of hydrogen-bond acceptors (Lipinski definition) is 8. The Labute approximate surface area is 193 Å². The van der Waals surface area contributed by atoms with Crippen LogP contribution in [0.4, 0.5) is 23.5 Å². The smallest absolute Gasteiger partial charge is 0.250 e. The molecule has 2 aromatic carbocycles. The molecule has 1 aliphatic rings. The monoisotopic (exact) mass is 492 g/mol. The number of nitrogens with zero attached hydrogens (tertiary/aromatic N) is 5. The Morgan fingerprint density at radius 3 is 2.62 bits per heavy atom. The number of H-pyrrole nitrogens is 1. The molecular formula is C22H21BrN8O. The van der Waals surface area contributed by atoms with E-state index in [2.05, 4.69) is 56.6 Å². The number of ether oxygens (including phenoxy) is 1. The summed E-state index contributed by atoms with van der Waals surface area (Å²) in [6.45, 7) is 2.73. The summed E-state index contributed by atoms with van der Waals surface area (Å²) in [5.74, 6) is 1.37. The predicted molar refractivity (Wildman–Crippen MR) is 130 cm³/mol. The number of para-hydroxylation sites is 1. The van der Waals surface area contributed by atoms with Gasteiger partial charge in [0.15, 0.2) is 0 Å². The Hall–Kier alpha value is -3.50. The maximum atomic E-state index is 5.45. The van der Waals surface area contributed by atoms with Crippen molar-refractivity contribution in [2.24, 2.45) is 5.10 Å². The van der Waals surface area contributed by atoms with Gasteiger partial charge in [-0.25, -0.2) is 5.43 Å². The van der Waals surface area contributed by atoms with Gasteiger partial charge in [-0.1, -0.05) is 34.1 Å². The van der Waals surface area contributed by atoms with Gasteiger partial charge in [-0.2, -0.15) is 20.1 Å². The van der Waals surface area contributed by atoms with Crippen molar-refractivity contribution in [1.29, 1.82) is 0 Å². The number of halogens is 1. The molecule has 5 rings (SSSR count). The van der Waals surface area contributed by atoms with Gasteiger partial charge >= 0.3 is 0 Å². The van der Waals surface area contributed by atoms with Crippen LogP contribution >= 0.6 is 15.9 Å². The summed E-state index contributed by atoms with van der Waals surface area (Å²) in [6, 6.07) is 15.9. The van der Waals surface area contributed by atoms with E-state index in [1.165, 1.54) is 0 Å². The fraction of sp³-hybridized carbons (Fsp3) is 0.182. The fourth-order valence-corrected chi connectivity index (χ4v) is 3.66. The van der Waals surface area contributed by atoms with Gasteiger partial charge in [-0.15, -0.1) is 0 Å². The van der Waals surface area contributed by atoms with Gasteiger partial charge < -0.3 is 19.9 Å². The van der Waals surface area contributed by atoms with Crippen molar-refractivity contribution >= 4 is 56.6 Å². The van der Waals surface area contributed by atoms with Crippen molar-refractivity contribution < 1.29 is 4.74 Å². The van der Waals surface area contributed by atoms with Crippen molar-refractivity contribution in [3.63, 3.8) is 0 Å². The quantitative estimate of drug-likeness (QED) is 0.274. The highest BCUT2D eigenvalue weighted by Crippen LogP contribution is 2.21. The van der Waals surface area contributed by atoms with Gasteiger partial charge in [0, 0.05) is 45.9 Å². The SMILES string of the molecule is Brc1ccc(Nc2nc(N/N=C/c3c[nH]c4ccccc34)nc(N3CCOCC3)n2)cc1. The van der Waals surface area contributed by atoms with Gasteiger partial charge in [-0.05, 0) is 30.3 Å². The van der Waals surface area contributed by atoms with Crippen LogP contribution in [-0.4, -0.2) is 52.5 Å². The third-order valence-corrected chi connectivity index (χ3v) is 5.54. The van der Waals surface area contributed by atoms with Crippen LogP contribution in [0, 0.1) is 0 Å². The number of hydrazone groups is 1. The van der Waals surface area contributed by atoms with Crippen molar-refractivity contribution in [1.82, 2.24) is 19.9 Å². The summed E-state index contributed by atoms with van der Waals surface area (Å²) >= 11 is 3.45. The van der Waals surface area contributed by atoms with Crippen LogP contribution in [0.1, 0.15) is 5.56 Å². The van der Waals surface area contributed by atoms with Crippen molar-refractivity contribution in [2.75, 3.05) is 41.9 Å². The van der Waals surface area contributed by atoms with Crippen LogP contribution in [0.3, 0.4) is 0 Å². The molecule has 3 heterocycles. The number of rotatable bonds is 6. The van der Waals surface area contributed by atoms with Crippen LogP contribution < -0.4 is 15.6 Å². The molecule has 0 radical (unpaired) electrons. The Morgan fingerprint density at radius 1 is 1.00 bits per heavy atom. The summed E-state index contributed by atoms with van der Waals surface area (Å²) < 4.78 is 6.46. The molecule has 0 spiro atoms. The third kappa shape index (κ3) is 4.71. The molecule has 0 amide bonds. The number of morpholine rings is 1. The van der Waals surface area contributed by atoms with E-state index in [0.717, 1.165) is 39.7 Å². The minimum Gasteiger partial charge on any atom is -0.378 e. The number of benzene rings is 2. The topological polar surface area (TPSA) is 103 Å².